The van der Waals surface area contributed by atoms with E-state index in [0.717, 1.165) is 44.6 Å². The van der Waals surface area contributed by atoms with Crippen LogP contribution in [0.3, 0.4) is 0 Å². The van der Waals surface area contributed by atoms with Crippen LogP contribution in [0, 0.1) is 5.92 Å². The first kappa shape index (κ1) is 15.6. The summed E-state index contributed by atoms with van der Waals surface area (Å²) in [6.07, 6.45) is 7.58. The third-order valence-electron chi connectivity index (χ3n) is 4.04. The fourth-order valence-corrected chi connectivity index (χ4v) is 4.52. The fourth-order valence-electron chi connectivity index (χ4n) is 3.06. The summed E-state index contributed by atoms with van der Waals surface area (Å²) in [6.45, 7) is 3.01. The van der Waals surface area contributed by atoms with Crippen molar-refractivity contribution in [3.63, 3.8) is 0 Å². The van der Waals surface area contributed by atoms with Crippen LogP contribution in [0.4, 0.5) is 0 Å². The maximum Gasteiger partial charge on any atom is 0.178 e. The molecule has 0 bridgehead atoms. The maximum absolute atomic E-state index is 11.8. The van der Waals surface area contributed by atoms with Crippen LogP contribution in [0.1, 0.15) is 23.4 Å². The SMILES string of the molecule is CS(=O)(=O)c1cn[nH]c1C[C@@H]1CCCN(Cc2cncs2)C1. The van der Waals surface area contributed by atoms with E-state index in [-0.39, 0.29) is 0 Å². The van der Waals surface area contributed by atoms with Crippen LogP contribution >= 0.6 is 11.3 Å². The number of nitrogens with zero attached hydrogens (tertiary/aromatic N) is 3. The van der Waals surface area contributed by atoms with Crippen molar-refractivity contribution in [1.29, 1.82) is 0 Å². The molecule has 6 nitrogen and oxygen atoms in total. The second-order valence-electron chi connectivity index (χ2n) is 5.90. The molecule has 3 heterocycles. The summed E-state index contributed by atoms with van der Waals surface area (Å²) in [5.74, 6) is 0.461. The van der Waals surface area contributed by atoms with E-state index >= 15 is 0 Å². The van der Waals surface area contributed by atoms with E-state index < -0.39 is 9.84 Å². The zero-order valence-electron chi connectivity index (χ0n) is 12.5. The molecule has 1 N–H and O–H groups in total. The molecule has 0 unspecified atom stereocenters. The number of nitrogens with one attached hydrogen (secondary N) is 1. The van der Waals surface area contributed by atoms with Gasteiger partial charge in [0.15, 0.2) is 9.84 Å². The lowest BCUT2D eigenvalue weighted by atomic mass is 9.93. The Hall–Kier alpha value is -1.25. The molecule has 0 saturated carbocycles. The number of sulfone groups is 1. The average molecular weight is 340 g/mol. The second-order valence-corrected chi connectivity index (χ2v) is 8.86. The summed E-state index contributed by atoms with van der Waals surface area (Å²) in [5.41, 5.74) is 2.60. The standard InChI is InChI=1S/C14H20N4O2S2/c1-22(19,20)14-7-16-17-13(14)5-11-3-2-4-18(8-11)9-12-6-15-10-21-12/h6-7,10-11H,2-5,8-9H2,1H3,(H,16,17)/t11-/m0/s1. The fraction of sp³-hybridized carbons (Fsp3) is 0.571. The molecule has 3 rings (SSSR count). The molecule has 8 heteroatoms. The molecule has 120 valence electrons. The minimum atomic E-state index is -3.21. The van der Waals surface area contributed by atoms with Crippen LogP contribution in [0.5, 0.6) is 0 Å². The lowest BCUT2D eigenvalue weighted by Crippen LogP contribution is -2.35. The summed E-state index contributed by atoms with van der Waals surface area (Å²) in [7, 11) is -3.21. The number of aromatic nitrogens is 3. The Morgan fingerprint density at radius 1 is 1.45 bits per heavy atom. The highest BCUT2D eigenvalue weighted by Crippen LogP contribution is 2.24. The Bertz CT molecular complexity index is 709. The van der Waals surface area contributed by atoms with Gasteiger partial charge in [-0.15, -0.1) is 11.3 Å². The van der Waals surface area contributed by atoms with Crippen molar-refractivity contribution in [2.75, 3.05) is 19.3 Å². The zero-order chi connectivity index (χ0) is 15.6. The first-order valence-corrected chi connectivity index (χ1v) is 10.1. The molecule has 1 saturated heterocycles. The first-order valence-electron chi connectivity index (χ1n) is 7.34. The molecule has 1 atom stereocenters. The van der Waals surface area contributed by atoms with Crippen LogP contribution in [0.2, 0.25) is 0 Å². The molecular formula is C14H20N4O2S2. The van der Waals surface area contributed by atoms with Crippen LogP contribution in [-0.2, 0) is 22.8 Å². The topological polar surface area (TPSA) is 79.0 Å². The molecule has 0 radical (unpaired) electrons. The molecular weight excluding hydrogens is 320 g/mol. The van der Waals surface area contributed by atoms with Gasteiger partial charge in [0.2, 0.25) is 0 Å². The number of thiazole rings is 1. The van der Waals surface area contributed by atoms with Crippen molar-refractivity contribution in [2.45, 2.75) is 30.7 Å². The van der Waals surface area contributed by atoms with Crippen molar-refractivity contribution < 1.29 is 8.42 Å². The van der Waals surface area contributed by atoms with Gasteiger partial charge in [-0.1, -0.05) is 0 Å². The highest BCUT2D eigenvalue weighted by atomic mass is 32.2. The molecule has 1 fully saturated rings. The van der Waals surface area contributed by atoms with Crippen LogP contribution < -0.4 is 0 Å². The summed E-state index contributed by atoms with van der Waals surface area (Å²) >= 11 is 1.68. The zero-order valence-corrected chi connectivity index (χ0v) is 14.2. The minimum Gasteiger partial charge on any atom is -0.298 e. The molecule has 2 aromatic heterocycles. The van der Waals surface area contributed by atoms with E-state index in [1.165, 1.54) is 17.3 Å². The summed E-state index contributed by atoms with van der Waals surface area (Å²) in [4.78, 5) is 8.16. The van der Waals surface area contributed by atoms with E-state index in [0.29, 0.717) is 10.8 Å². The third kappa shape index (κ3) is 3.74. The van der Waals surface area contributed by atoms with E-state index in [1.54, 1.807) is 11.3 Å². The van der Waals surface area contributed by atoms with Gasteiger partial charge < -0.3 is 0 Å². The summed E-state index contributed by atoms with van der Waals surface area (Å²) in [6, 6.07) is 0. The molecule has 0 amide bonds. The van der Waals surface area contributed by atoms with Gasteiger partial charge >= 0.3 is 0 Å². The summed E-state index contributed by atoms with van der Waals surface area (Å²) < 4.78 is 23.5. The van der Waals surface area contributed by atoms with Crippen molar-refractivity contribution in [3.8, 4) is 0 Å². The molecule has 1 aliphatic rings. The van der Waals surface area contributed by atoms with Gasteiger partial charge in [-0.3, -0.25) is 15.0 Å². The van der Waals surface area contributed by atoms with Crippen LogP contribution in [-0.4, -0.2) is 47.8 Å². The van der Waals surface area contributed by atoms with E-state index in [2.05, 4.69) is 20.1 Å². The van der Waals surface area contributed by atoms with Gasteiger partial charge in [-0.2, -0.15) is 5.10 Å². The van der Waals surface area contributed by atoms with Crippen LogP contribution in [0.15, 0.2) is 22.8 Å². The predicted octanol–water partition coefficient (Wildman–Crippen LogP) is 1.72. The van der Waals surface area contributed by atoms with Gasteiger partial charge in [-0.05, 0) is 31.7 Å². The second kappa shape index (κ2) is 6.47. The lowest BCUT2D eigenvalue weighted by Gasteiger charge is -2.32. The van der Waals surface area contributed by atoms with Gasteiger partial charge in [0.25, 0.3) is 0 Å². The highest BCUT2D eigenvalue weighted by Gasteiger charge is 2.24. The smallest absolute Gasteiger partial charge is 0.178 e. The Labute approximate surface area is 134 Å². The monoisotopic (exact) mass is 340 g/mol. The van der Waals surface area contributed by atoms with Crippen molar-refractivity contribution in [2.24, 2.45) is 5.92 Å². The number of aromatic amines is 1. The normalized spacial score (nSPS) is 20.3. The molecule has 0 aromatic carbocycles. The van der Waals surface area contributed by atoms with Gasteiger partial charge in [0.05, 0.1) is 17.4 Å². The number of H-pyrrole nitrogens is 1. The number of piperidine rings is 1. The van der Waals surface area contributed by atoms with E-state index in [9.17, 15) is 8.42 Å². The van der Waals surface area contributed by atoms with Crippen molar-refractivity contribution in [1.82, 2.24) is 20.1 Å². The van der Waals surface area contributed by atoms with E-state index in [4.69, 9.17) is 0 Å². The summed E-state index contributed by atoms with van der Waals surface area (Å²) in [5, 5.41) is 6.77. The Kier molecular flexibility index (Phi) is 4.60. The van der Waals surface area contributed by atoms with Gasteiger partial charge in [-0.25, -0.2) is 8.42 Å². The molecule has 0 spiro atoms. The Morgan fingerprint density at radius 3 is 3.05 bits per heavy atom. The number of hydrogen-bond donors (Lipinski definition) is 1. The number of likely N-dealkylation sites (tertiary alicyclic amines) is 1. The van der Waals surface area contributed by atoms with Crippen molar-refractivity contribution in [3.05, 3.63) is 28.5 Å². The molecule has 2 aromatic rings. The Morgan fingerprint density at radius 2 is 2.32 bits per heavy atom. The predicted molar refractivity (Wildman–Crippen MR) is 85.5 cm³/mol. The van der Waals surface area contributed by atoms with Crippen molar-refractivity contribution >= 4 is 21.2 Å². The lowest BCUT2D eigenvalue weighted by molar-refractivity contribution is 0.167. The average Bonchev–Trinajstić information content (AvgIpc) is 3.10. The first-order chi connectivity index (χ1) is 10.5. The molecule has 0 aliphatic carbocycles. The number of rotatable bonds is 5. The number of hydrogen-bond acceptors (Lipinski definition) is 6. The maximum atomic E-state index is 11.8. The third-order valence-corrected chi connectivity index (χ3v) is 5.95. The molecule has 22 heavy (non-hydrogen) atoms. The van der Waals surface area contributed by atoms with E-state index in [1.807, 2.05) is 11.7 Å². The quantitative estimate of drug-likeness (QED) is 0.897. The molecule has 1 aliphatic heterocycles. The van der Waals surface area contributed by atoms with Gasteiger partial charge in [0, 0.05) is 30.4 Å². The van der Waals surface area contributed by atoms with Gasteiger partial charge in [0.1, 0.15) is 4.90 Å². The van der Waals surface area contributed by atoms with Crippen LogP contribution in [0.25, 0.3) is 0 Å². The Balaban J connectivity index is 1.64. The highest BCUT2D eigenvalue weighted by molar-refractivity contribution is 7.90. The minimum absolute atomic E-state index is 0.340. The largest absolute Gasteiger partial charge is 0.298 e.